The third-order valence-electron chi connectivity index (χ3n) is 3.22. The van der Waals surface area contributed by atoms with Crippen LogP contribution in [-0.4, -0.2) is 25.4 Å². The van der Waals surface area contributed by atoms with Crippen LogP contribution in [-0.2, 0) is 11.0 Å². The lowest BCUT2D eigenvalue weighted by molar-refractivity contribution is -0.138. The first kappa shape index (κ1) is 15.0. The molecule has 1 fully saturated rings. The van der Waals surface area contributed by atoms with Gasteiger partial charge in [-0.25, -0.2) is 0 Å². The number of nitrogens with zero attached hydrogens (tertiary/aromatic N) is 1. The highest BCUT2D eigenvalue weighted by Crippen LogP contribution is 2.39. The topological polar surface area (TPSA) is 29.5 Å². The van der Waals surface area contributed by atoms with Gasteiger partial charge < -0.3 is 9.64 Å². The molecule has 1 saturated heterocycles. The number of carbonyl (C=O) groups excluding carboxylic acids is 1. The van der Waals surface area contributed by atoms with Gasteiger partial charge in [-0.1, -0.05) is 0 Å². The molecule has 0 N–H and O–H groups in total. The van der Waals surface area contributed by atoms with Crippen LogP contribution in [0.5, 0.6) is 5.75 Å². The number of carbonyl (C=O) groups is 1. The standard InChI is InChI=1S/C13H13ClF3NO2/c1-20-11-3-2-9(5-10(11)13(15,16)17)18-7-8(6-14)4-12(18)19/h2-3,5,8H,4,6-7H2,1H3. The van der Waals surface area contributed by atoms with Crippen LogP contribution in [0.3, 0.4) is 0 Å². The predicted octanol–water partition coefficient (Wildman–Crippen LogP) is 3.31. The van der Waals surface area contributed by atoms with E-state index < -0.39 is 11.7 Å². The number of ether oxygens (including phenoxy) is 1. The van der Waals surface area contributed by atoms with E-state index in [0.29, 0.717) is 12.4 Å². The number of amides is 1. The molecule has 7 heteroatoms. The normalized spacial score (nSPS) is 19.6. The molecule has 1 aromatic rings. The number of halogens is 4. The Morgan fingerprint density at radius 3 is 2.65 bits per heavy atom. The number of benzene rings is 1. The number of rotatable bonds is 3. The number of hydrogen-bond donors (Lipinski definition) is 0. The summed E-state index contributed by atoms with van der Waals surface area (Å²) in [6, 6.07) is 3.61. The van der Waals surface area contributed by atoms with Crippen molar-refractivity contribution in [3.05, 3.63) is 23.8 Å². The molecular weight excluding hydrogens is 295 g/mol. The first-order valence-corrected chi connectivity index (χ1v) is 6.52. The Balaban J connectivity index is 2.37. The molecule has 1 aliphatic rings. The van der Waals surface area contributed by atoms with Gasteiger partial charge in [0, 0.05) is 24.5 Å². The molecule has 0 aliphatic carbocycles. The van der Waals surface area contributed by atoms with Crippen LogP contribution >= 0.6 is 11.6 Å². The summed E-state index contributed by atoms with van der Waals surface area (Å²) in [5.74, 6) is -0.193. The Bertz CT molecular complexity index is 519. The van der Waals surface area contributed by atoms with Gasteiger partial charge in [-0.15, -0.1) is 11.6 Å². The lowest BCUT2D eigenvalue weighted by atomic mass is 10.1. The quantitative estimate of drug-likeness (QED) is 0.802. The Hall–Kier alpha value is -1.43. The Kier molecular flexibility index (Phi) is 4.13. The van der Waals surface area contributed by atoms with E-state index in [1.54, 1.807) is 0 Å². The van der Waals surface area contributed by atoms with Crippen molar-refractivity contribution in [1.29, 1.82) is 0 Å². The Morgan fingerprint density at radius 2 is 2.15 bits per heavy atom. The van der Waals surface area contributed by atoms with E-state index >= 15 is 0 Å². The van der Waals surface area contributed by atoms with Crippen LogP contribution in [0.1, 0.15) is 12.0 Å². The molecule has 20 heavy (non-hydrogen) atoms. The first-order chi connectivity index (χ1) is 9.36. The molecule has 0 bridgehead atoms. The van der Waals surface area contributed by atoms with Crippen molar-refractivity contribution in [2.75, 3.05) is 24.4 Å². The average molecular weight is 308 g/mol. The molecule has 3 nitrogen and oxygen atoms in total. The van der Waals surface area contributed by atoms with Crippen LogP contribution < -0.4 is 9.64 Å². The van der Waals surface area contributed by atoms with Gasteiger partial charge in [0.25, 0.3) is 0 Å². The summed E-state index contributed by atoms with van der Waals surface area (Å²) < 4.78 is 43.5. The molecule has 1 unspecified atom stereocenters. The molecule has 1 atom stereocenters. The third kappa shape index (κ3) is 2.85. The molecule has 1 aromatic carbocycles. The van der Waals surface area contributed by atoms with Gasteiger partial charge in [-0.3, -0.25) is 4.79 Å². The van der Waals surface area contributed by atoms with Gasteiger partial charge in [0.05, 0.1) is 12.7 Å². The summed E-state index contributed by atoms with van der Waals surface area (Å²) in [6.07, 6.45) is -4.27. The second kappa shape index (κ2) is 5.52. The largest absolute Gasteiger partial charge is 0.496 e. The maximum atomic E-state index is 12.9. The van der Waals surface area contributed by atoms with Crippen LogP contribution in [0.15, 0.2) is 18.2 Å². The zero-order valence-electron chi connectivity index (χ0n) is 10.7. The van der Waals surface area contributed by atoms with Gasteiger partial charge >= 0.3 is 6.18 Å². The number of methoxy groups -OCH3 is 1. The molecule has 1 heterocycles. The maximum absolute atomic E-state index is 12.9. The summed E-state index contributed by atoms with van der Waals surface area (Å²) >= 11 is 5.70. The van der Waals surface area contributed by atoms with E-state index in [9.17, 15) is 18.0 Å². The molecule has 2 rings (SSSR count). The van der Waals surface area contributed by atoms with Gasteiger partial charge in [-0.05, 0) is 24.1 Å². The SMILES string of the molecule is COc1ccc(N2CC(CCl)CC2=O)cc1C(F)(F)F. The predicted molar refractivity (Wildman–Crippen MR) is 69.2 cm³/mol. The van der Waals surface area contributed by atoms with E-state index in [1.807, 2.05) is 0 Å². The molecule has 110 valence electrons. The van der Waals surface area contributed by atoms with Crippen LogP contribution in [0.25, 0.3) is 0 Å². The number of alkyl halides is 4. The van der Waals surface area contributed by atoms with E-state index in [-0.39, 0.29) is 29.7 Å². The molecule has 1 amide bonds. The van der Waals surface area contributed by atoms with Crippen molar-refractivity contribution in [1.82, 2.24) is 0 Å². The van der Waals surface area contributed by atoms with Gasteiger partial charge in [0.15, 0.2) is 0 Å². The second-order valence-electron chi connectivity index (χ2n) is 4.61. The Morgan fingerprint density at radius 1 is 1.45 bits per heavy atom. The summed E-state index contributed by atoms with van der Waals surface area (Å²) in [5.41, 5.74) is -0.671. The molecular formula is C13H13ClF3NO2. The van der Waals surface area contributed by atoms with Crippen molar-refractivity contribution >= 4 is 23.2 Å². The van der Waals surface area contributed by atoms with E-state index in [4.69, 9.17) is 16.3 Å². The number of hydrogen-bond acceptors (Lipinski definition) is 2. The maximum Gasteiger partial charge on any atom is 0.420 e. The fourth-order valence-corrected chi connectivity index (χ4v) is 2.43. The zero-order chi connectivity index (χ0) is 14.9. The molecule has 0 spiro atoms. The minimum Gasteiger partial charge on any atom is -0.496 e. The van der Waals surface area contributed by atoms with Gasteiger partial charge in [0.1, 0.15) is 5.75 Å². The molecule has 0 saturated carbocycles. The lowest BCUT2D eigenvalue weighted by Gasteiger charge is -2.19. The van der Waals surface area contributed by atoms with E-state index in [1.165, 1.54) is 24.1 Å². The monoisotopic (exact) mass is 307 g/mol. The molecule has 0 radical (unpaired) electrons. The highest BCUT2D eigenvalue weighted by molar-refractivity contribution is 6.18. The molecule has 0 aromatic heterocycles. The van der Waals surface area contributed by atoms with Crippen molar-refractivity contribution in [3.63, 3.8) is 0 Å². The van der Waals surface area contributed by atoms with Gasteiger partial charge in [-0.2, -0.15) is 13.2 Å². The highest BCUT2D eigenvalue weighted by Gasteiger charge is 2.36. The van der Waals surface area contributed by atoms with Crippen molar-refractivity contribution in [3.8, 4) is 5.75 Å². The third-order valence-corrected chi connectivity index (χ3v) is 3.66. The van der Waals surface area contributed by atoms with Gasteiger partial charge in [0.2, 0.25) is 5.91 Å². The zero-order valence-corrected chi connectivity index (χ0v) is 11.5. The second-order valence-corrected chi connectivity index (χ2v) is 4.92. The van der Waals surface area contributed by atoms with Crippen LogP contribution in [0.2, 0.25) is 0 Å². The number of anilines is 1. The highest BCUT2D eigenvalue weighted by atomic mass is 35.5. The lowest BCUT2D eigenvalue weighted by Crippen LogP contribution is -2.25. The van der Waals surface area contributed by atoms with Crippen molar-refractivity contribution in [2.24, 2.45) is 5.92 Å². The smallest absolute Gasteiger partial charge is 0.420 e. The summed E-state index contributed by atoms with van der Waals surface area (Å²) in [7, 11) is 1.18. The summed E-state index contributed by atoms with van der Waals surface area (Å²) in [4.78, 5) is 13.1. The molecule has 1 aliphatic heterocycles. The van der Waals surface area contributed by atoms with Crippen LogP contribution in [0, 0.1) is 5.92 Å². The fraction of sp³-hybridized carbons (Fsp3) is 0.462. The first-order valence-electron chi connectivity index (χ1n) is 5.98. The minimum atomic E-state index is -4.53. The van der Waals surface area contributed by atoms with Crippen molar-refractivity contribution in [2.45, 2.75) is 12.6 Å². The summed E-state index contributed by atoms with van der Waals surface area (Å²) in [5, 5.41) is 0. The van der Waals surface area contributed by atoms with E-state index in [0.717, 1.165) is 6.07 Å². The fourth-order valence-electron chi connectivity index (χ4n) is 2.22. The van der Waals surface area contributed by atoms with E-state index in [2.05, 4.69) is 0 Å². The average Bonchev–Trinajstić information content (AvgIpc) is 2.78. The van der Waals surface area contributed by atoms with Crippen LogP contribution in [0.4, 0.5) is 18.9 Å². The van der Waals surface area contributed by atoms with Crippen molar-refractivity contribution < 1.29 is 22.7 Å². The summed E-state index contributed by atoms with van der Waals surface area (Å²) in [6.45, 7) is 0.339. The minimum absolute atomic E-state index is 0.0272. The Labute approximate surface area is 119 Å².